The molecule has 2 aliphatic heterocycles. The number of nitrogens with zero attached hydrogens (tertiary/aromatic N) is 2. The largest absolute Gasteiger partial charge is 0.336 e. The van der Waals surface area contributed by atoms with Crippen molar-refractivity contribution < 1.29 is 4.79 Å². The highest BCUT2D eigenvalue weighted by Crippen LogP contribution is 2.25. The SMILES string of the molecule is O=C(c1ccccc1Cl)N1CCCCC1CCN1CCCCCC1. The average Bonchev–Trinajstić information content (AvgIpc) is 2.89. The van der Waals surface area contributed by atoms with Gasteiger partial charge in [-0.1, -0.05) is 36.6 Å². The van der Waals surface area contributed by atoms with Crippen LogP contribution in [-0.4, -0.2) is 47.9 Å². The van der Waals surface area contributed by atoms with E-state index in [0.717, 1.165) is 32.4 Å². The molecular formula is C20H29ClN2O. The van der Waals surface area contributed by atoms with Crippen LogP contribution in [0, 0.1) is 0 Å². The molecule has 2 fully saturated rings. The maximum atomic E-state index is 13.0. The third-order valence-corrected chi connectivity index (χ3v) is 5.80. The number of likely N-dealkylation sites (tertiary alicyclic amines) is 2. The van der Waals surface area contributed by atoms with Crippen molar-refractivity contribution in [3.63, 3.8) is 0 Å². The Bertz CT molecular complexity index is 540. The van der Waals surface area contributed by atoms with Crippen molar-refractivity contribution in [3.05, 3.63) is 34.9 Å². The maximum Gasteiger partial charge on any atom is 0.255 e. The summed E-state index contributed by atoms with van der Waals surface area (Å²) >= 11 is 6.25. The fourth-order valence-corrected chi connectivity index (χ4v) is 4.27. The third kappa shape index (κ3) is 4.52. The van der Waals surface area contributed by atoms with Crippen LogP contribution in [0.2, 0.25) is 5.02 Å². The minimum atomic E-state index is 0.112. The Morgan fingerprint density at radius 2 is 1.71 bits per heavy atom. The van der Waals surface area contributed by atoms with Crippen LogP contribution >= 0.6 is 11.6 Å². The van der Waals surface area contributed by atoms with Crippen LogP contribution in [0.1, 0.15) is 61.7 Å². The second kappa shape index (κ2) is 8.87. The van der Waals surface area contributed by atoms with Gasteiger partial charge in [-0.05, 0) is 63.7 Å². The molecule has 0 saturated carbocycles. The summed E-state index contributed by atoms with van der Waals surface area (Å²) in [5.41, 5.74) is 0.654. The third-order valence-electron chi connectivity index (χ3n) is 5.47. The zero-order chi connectivity index (χ0) is 16.8. The van der Waals surface area contributed by atoms with Crippen molar-refractivity contribution in [2.45, 2.75) is 57.4 Å². The maximum absolute atomic E-state index is 13.0. The molecule has 1 unspecified atom stereocenters. The van der Waals surface area contributed by atoms with Crippen molar-refractivity contribution in [1.29, 1.82) is 0 Å². The number of piperidine rings is 1. The quantitative estimate of drug-likeness (QED) is 0.793. The lowest BCUT2D eigenvalue weighted by molar-refractivity contribution is 0.0584. The highest BCUT2D eigenvalue weighted by molar-refractivity contribution is 6.33. The van der Waals surface area contributed by atoms with E-state index in [2.05, 4.69) is 9.80 Å². The summed E-state index contributed by atoms with van der Waals surface area (Å²) < 4.78 is 0. The predicted octanol–water partition coefficient (Wildman–Crippen LogP) is 4.60. The van der Waals surface area contributed by atoms with Gasteiger partial charge in [0.15, 0.2) is 0 Å². The molecule has 2 heterocycles. The minimum Gasteiger partial charge on any atom is -0.336 e. The van der Waals surface area contributed by atoms with Gasteiger partial charge >= 0.3 is 0 Å². The van der Waals surface area contributed by atoms with Gasteiger partial charge in [-0.2, -0.15) is 0 Å². The van der Waals surface area contributed by atoms with Gasteiger partial charge < -0.3 is 9.80 Å². The number of amides is 1. The first-order valence-electron chi connectivity index (χ1n) is 9.53. The van der Waals surface area contributed by atoms with E-state index in [1.165, 1.54) is 45.2 Å². The van der Waals surface area contributed by atoms with Gasteiger partial charge in [-0.15, -0.1) is 0 Å². The molecule has 0 spiro atoms. The van der Waals surface area contributed by atoms with Crippen LogP contribution in [0.4, 0.5) is 0 Å². The molecule has 4 heteroatoms. The predicted molar refractivity (Wildman–Crippen MR) is 99.7 cm³/mol. The second-order valence-electron chi connectivity index (χ2n) is 7.17. The smallest absolute Gasteiger partial charge is 0.255 e. The molecule has 3 nitrogen and oxygen atoms in total. The van der Waals surface area contributed by atoms with Crippen LogP contribution < -0.4 is 0 Å². The molecule has 1 atom stereocenters. The van der Waals surface area contributed by atoms with E-state index in [1.807, 2.05) is 24.3 Å². The van der Waals surface area contributed by atoms with Crippen LogP contribution in [0.3, 0.4) is 0 Å². The Morgan fingerprint density at radius 1 is 1.00 bits per heavy atom. The minimum absolute atomic E-state index is 0.112. The fraction of sp³-hybridized carbons (Fsp3) is 0.650. The Morgan fingerprint density at radius 3 is 2.46 bits per heavy atom. The molecular weight excluding hydrogens is 320 g/mol. The normalized spacial score (nSPS) is 23.0. The number of hydrogen-bond donors (Lipinski definition) is 0. The monoisotopic (exact) mass is 348 g/mol. The summed E-state index contributed by atoms with van der Waals surface area (Å²) in [7, 11) is 0. The summed E-state index contributed by atoms with van der Waals surface area (Å²) in [4.78, 5) is 17.6. The molecule has 3 rings (SSSR count). The Hall–Kier alpha value is -1.06. The molecule has 2 aliphatic rings. The van der Waals surface area contributed by atoms with E-state index in [9.17, 15) is 4.79 Å². The molecule has 1 amide bonds. The molecule has 0 radical (unpaired) electrons. The molecule has 0 N–H and O–H groups in total. The fourth-order valence-electron chi connectivity index (χ4n) is 4.05. The van der Waals surface area contributed by atoms with Crippen molar-refractivity contribution in [3.8, 4) is 0 Å². The number of halogens is 1. The second-order valence-corrected chi connectivity index (χ2v) is 7.58. The van der Waals surface area contributed by atoms with E-state index < -0.39 is 0 Å². The summed E-state index contributed by atoms with van der Waals surface area (Å²) in [5.74, 6) is 0.112. The number of benzene rings is 1. The number of hydrogen-bond acceptors (Lipinski definition) is 2. The van der Waals surface area contributed by atoms with E-state index >= 15 is 0 Å². The summed E-state index contributed by atoms with van der Waals surface area (Å²) in [6.07, 6.45) is 9.96. The van der Waals surface area contributed by atoms with Crippen LogP contribution in [0.25, 0.3) is 0 Å². The molecule has 0 bridgehead atoms. The molecule has 2 saturated heterocycles. The van der Waals surface area contributed by atoms with Crippen LogP contribution in [0.15, 0.2) is 24.3 Å². The summed E-state index contributed by atoms with van der Waals surface area (Å²) in [6.45, 7) is 4.45. The molecule has 24 heavy (non-hydrogen) atoms. The molecule has 1 aromatic carbocycles. The van der Waals surface area contributed by atoms with Crippen molar-refractivity contribution in [2.24, 2.45) is 0 Å². The lowest BCUT2D eigenvalue weighted by Gasteiger charge is -2.37. The van der Waals surface area contributed by atoms with Crippen LogP contribution in [-0.2, 0) is 0 Å². The van der Waals surface area contributed by atoms with Gasteiger partial charge in [0.2, 0.25) is 0 Å². The first-order chi connectivity index (χ1) is 11.8. The first-order valence-corrected chi connectivity index (χ1v) is 9.91. The summed E-state index contributed by atoms with van der Waals surface area (Å²) in [5, 5.41) is 0.569. The zero-order valence-electron chi connectivity index (χ0n) is 14.6. The first kappa shape index (κ1) is 17.8. The Balaban J connectivity index is 1.62. The van der Waals surface area contributed by atoms with Gasteiger partial charge in [-0.3, -0.25) is 4.79 Å². The molecule has 0 aliphatic carbocycles. The van der Waals surface area contributed by atoms with E-state index in [-0.39, 0.29) is 5.91 Å². The molecule has 1 aromatic rings. The van der Waals surface area contributed by atoms with E-state index in [4.69, 9.17) is 11.6 Å². The number of carbonyl (C=O) groups excluding carboxylic acids is 1. The Kier molecular flexibility index (Phi) is 6.56. The molecule has 0 aromatic heterocycles. The highest BCUT2D eigenvalue weighted by Gasteiger charge is 2.28. The lowest BCUT2D eigenvalue weighted by atomic mass is 9.97. The lowest BCUT2D eigenvalue weighted by Crippen LogP contribution is -2.45. The van der Waals surface area contributed by atoms with Crippen molar-refractivity contribution >= 4 is 17.5 Å². The standard InChI is InChI=1S/C20H29ClN2O/c21-19-11-4-3-10-18(19)20(24)23-15-8-5-9-17(23)12-16-22-13-6-1-2-7-14-22/h3-4,10-11,17H,1-2,5-9,12-16H2. The van der Waals surface area contributed by atoms with Gasteiger partial charge in [-0.25, -0.2) is 0 Å². The van der Waals surface area contributed by atoms with Gasteiger partial charge in [0.1, 0.15) is 0 Å². The van der Waals surface area contributed by atoms with Crippen molar-refractivity contribution in [2.75, 3.05) is 26.2 Å². The number of carbonyl (C=O) groups is 1. The topological polar surface area (TPSA) is 23.6 Å². The van der Waals surface area contributed by atoms with Gasteiger partial charge in [0.25, 0.3) is 5.91 Å². The zero-order valence-corrected chi connectivity index (χ0v) is 15.3. The Labute approximate surface area is 151 Å². The van der Waals surface area contributed by atoms with Gasteiger partial charge in [0, 0.05) is 19.1 Å². The van der Waals surface area contributed by atoms with Crippen molar-refractivity contribution in [1.82, 2.24) is 9.80 Å². The average molecular weight is 349 g/mol. The van der Waals surface area contributed by atoms with Gasteiger partial charge in [0.05, 0.1) is 10.6 Å². The van der Waals surface area contributed by atoms with E-state index in [1.54, 1.807) is 0 Å². The summed E-state index contributed by atoms with van der Waals surface area (Å²) in [6, 6.07) is 7.81. The van der Waals surface area contributed by atoms with Crippen LogP contribution in [0.5, 0.6) is 0 Å². The number of rotatable bonds is 4. The highest BCUT2D eigenvalue weighted by atomic mass is 35.5. The van der Waals surface area contributed by atoms with E-state index in [0.29, 0.717) is 16.6 Å². The molecule has 132 valence electrons.